The van der Waals surface area contributed by atoms with Gasteiger partial charge in [-0.3, -0.25) is 0 Å². The molecule has 0 aliphatic heterocycles. The molecule has 0 radical (unpaired) electrons. The summed E-state index contributed by atoms with van der Waals surface area (Å²) in [6.07, 6.45) is 2.54. The van der Waals surface area contributed by atoms with Gasteiger partial charge in [0.2, 0.25) is 0 Å². The van der Waals surface area contributed by atoms with Gasteiger partial charge in [0.1, 0.15) is 0 Å². The molecule has 0 heterocycles. The predicted octanol–water partition coefficient (Wildman–Crippen LogP) is 3.06. The summed E-state index contributed by atoms with van der Waals surface area (Å²) < 4.78 is 0. The van der Waals surface area contributed by atoms with Gasteiger partial charge in [0.15, 0.2) is 0 Å². The molecule has 1 saturated carbocycles. The molecule has 1 nitrogen and oxygen atoms in total. The molecule has 2 N–H and O–H groups in total. The molecular formula is C11H14ClN. The van der Waals surface area contributed by atoms with E-state index in [1.165, 1.54) is 18.4 Å². The second kappa shape index (κ2) is 3.32. The normalized spacial score (nSPS) is 18.7. The molecular weight excluding hydrogens is 182 g/mol. The summed E-state index contributed by atoms with van der Waals surface area (Å²) in [6.45, 7) is 2.01. The molecule has 1 fully saturated rings. The Bertz CT molecular complexity index is 318. The molecule has 1 aromatic rings. The number of benzene rings is 1. The lowest BCUT2D eigenvalue weighted by molar-refractivity contribution is 0.633. The Labute approximate surface area is 83.9 Å². The first kappa shape index (κ1) is 9.04. The molecule has 0 amide bonds. The van der Waals surface area contributed by atoms with Crippen molar-refractivity contribution in [2.75, 3.05) is 0 Å². The fourth-order valence-electron chi connectivity index (χ4n) is 1.54. The Morgan fingerprint density at radius 1 is 1.46 bits per heavy atom. The number of aryl methyl sites for hydroxylation is 1. The highest BCUT2D eigenvalue weighted by Crippen LogP contribution is 2.39. The predicted molar refractivity (Wildman–Crippen MR) is 55.8 cm³/mol. The van der Waals surface area contributed by atoms with Gasteiger partial charge < -0.3 is 5.73 Å². The van der Waals surface area contributed by atoms with Crippen LogP contribution in [-0.4, -0.2) is 0 Å². The molecule has 2 heteroatoms. The molecule has 1 aliphatic rings. The molecule has 70 valence electrons. The van der Waals surface area contributed by atoms with E-state index in [9.17, 15) is 0 Å². The van der Waals surface area contributed by atoms with Crippen LogP contribution in [0.4, 0.5) is 0 Å². The van der Waals surface area contributed by atoms with Crippen molar-refractivity contribution in [3.63, 3.8) is 0 Å². The number of nitrogens with two attached hydrogens (primary N) is 1. The molecule has 1 atom stereocenters. The summed E-state index contributed by atoms with van der Waals surface area (Å²) in [4.78, 5) is 0. The van der Waals surface area contributed by atoms with E-state index < -0.39 is 0 Å². The van der Waals surface area contributed by atoms with E-state index in [4.69, 9.17) is 17.3 Å². The smallest absolute Gasteiger partial charge is 0.0438 e. The number of rotatable bonds is 2. The van der Waals surface area contributed by atoms with Gasteiger partial charge in [0, 0.05) is 11.1 Å². The highest BCUT2D eigenvalue weighted by Gasteiger charge is 2.29. The molecule has 13 heavy (non-hydrogen) atoms. The van der Waals surface area contributed by atoms with Crippen molar-refractivity contribution in [2.24, 2.45) is 11.7 Å². The Kier molecular flexibility index (Phi) is 2.31. The fraction of sp³-hybridized carbons (Fsp3) is 0.455. The second-order valence-corrected chi connectivity index (χ2v) is 4.28. The average molecular weight is 196 g/mol. The summed E-state index contributed by atoms with van der Waals surface area (Å²) in [5.74, 6) is 0.693. The molecule has 0 unspecified atom stereocenters. The van der Waals surface area contributed by atoms with E-state index in [-0.39, 0.29) is 6.04 Å². The summed E-state index contributed by atoms with van der Waals surface area (Å²) in [6, 6.07) is 6.32. The van der Waals surface area contributed by atoms with Crippen molar-refractivity contribution in [1.82, 2.24) is 0 Å². The van der Waals surface area contributed by atoms with Crippen LogP contribution in [0.1, 0.15) is 30.0 Å². The largest absolute Gasteiger partial charge is 0.324 e. The van der Waals surface area contributed by atoms with Gasteiger partial charge in [-0.1, -0.05) is 23.7 Å². The summed E-state index contributed by atoms with van der Waals surface area (Å²) >= 11 is 6.03. The first-order chi connectivity index (χ1) is 6.18. The van der Waals surface area contributed by atoms with Crippen LogP contribution in [0.3, 0.4) is 0 Å². The minimum atomic E-state index is 0.193. The van der Waals surface area contributed by atoms with Crippen LogP contribution in [0.25, 0.3) is 0 Å². The lowest BCUT2D eigenvalue weighted by atomic mass is 10.0. The van der Waals surface area contributed by atoms with Crippen LogP contribution in [0.15, 0.2) is 18.2 Å². The van der Waals surface area contributed by atoms with Gasteiger partial charge in [-0.25, -0.2) is 0 Å². The lowest BCUT2D eigenvalue weighted by Gasteiger charge is -2.11. The van der Waals surface area contributed by atoms with E-state index in [2.05, 4.69) is 6.07 Å². The first-order valence-corrected chi connectivity index (χ1v) is 5.08. The quantitative estimate of drug-likeness (QED) is 0.772. The monoisotopic (exact) mass is 195 g/mol. The van der Waals surface area contributed by atoms with E-state index >= 15 is 0 Å². The number of hydrogen-bond donors (Lipinski definition) is 1. The molecule has 1 aliphatic carbocycles. The van der Waals surface area contributed by atoms with E-state index in [0.717, 1.165) is 10.6 Å². The molecule has 0 aromatic heterocycles. The Balaban J connectivity index is 2.24. The van der Waals surface area contributed by atoms with Crippen molar-refractivity contribution in [3.8, 4) is 0 Å². The Morgan fingerprint density at radius 2 is 2.15 bits per heavy atom. The third-order valence-electron chi connectivity index (χ3n) is 2.71. The van der Waals surface area contributed by atoms with E-state index in [1.54, 1.807) is 0 Å². The van der Waals surface area contributed by atoms with Crippen molar-refractivity contribution in [3.05, 3.63) is 34.3 Å². The van der Waals surface area contributed by atoms with Gasteiger partial charge >= 0.3 is 0 Å². The molecule has 2 rings (SSSR count). The maximum absolute atomic E-state index is 6.06. The third-order valence-corrected chi connectivity index (χ3v) is 3.12. The third kappa shape index (κ3) is 1.87. The Morgan fingerprint density at radius 3 is 2.69 bits per heavy atom. The van der Waals surface area contributed by atoms with Crippen LogP contribution >= 0.6 is 11.6 Å². The zero-order valence-electron chi connectivity index (χ0n) is 7.76. The zero-order valence-corrected chi connectivity index (χ0v) is 8.51. The maximum atomic E-state index is 6.06. The summed E-state index contributed by atoms with van der Waals surface area (Å²) in [5.41, 5.74) is 8.36. The second-order valence-electron chi connectivity index (χ2n) is 3.87. The van der Waals surface area contributed by atoms with E-state index in [1.807, 2.05) is 19.1 Å². The minimum absolute atomic E-state index is 0.193. The van der Waals surface area contributed by atoms with Crippen LogP contribution < -0.4 is 5.73 Å². The highest BCUT2D eigenvalue weighted by molar-refractivity contribution is 6.31. The average Bonchev–Trinajstić information content (AvgIpc) is 2.91. The maximum Gasteiger partial charge on any atom is 0.0438 e. The molecule has 0 spiro atoms. The summed E-state index contributed by atoms with van der Waals surface area (Å²) in [5, 5.41) is 0.827. The van der Waals surface area contributed by atoms with Gasteiger partial charge in [-0.15, -0.1) is 0 Å². The standard InChI is InChI=1S/C11H14ClN/c1-7-2-3-9(6-10(7)12)11(13)8-4-5-8/h2-3,6,8,11H,4-5,13H2,1H3/t11-/m0/s1. The molecule has 0 saturated heterocycles. The first-order valence-electron chi connectivity index (χ1n) is 4.70. The SMILES string of the molecule is Cc1ccc([C@@H](N)C2CC2)cc1Cl. The van der Waals surface area contributed by atoms with Crippen LogP contribution in [-0.2, 0) is 0 Å². The highest BCUT2D eigenvalue weighted by atomic mass is 35.5. The Hall–Kier alpha value is -0.530. The van der Waals surface area contributed by atoms with Crippen molar-refractivity contribution >= 4 is 11.6 Å². The van der Waals surface area contributed by atoms with E-state index in [0.29, 0.717) is 5.92 Å². The van der Waals surface area contributed by atoms with Gasteiger partial charge in [-0.2, -0.15) is 0 Å². The minimum Gasteiger partial charge on any atom is -0.324 e. The molecule has 0 bridgehead atoms. The number of halogens is 1. The van der Waals surface area contributed by atoms with Crippen LogP contribution in [0.5, 0.6) is 0 Å². The molecule has 1 aromatic carbocycles. The van der Waals surface area contributed by atoms with Crippen molar-refractivity contribution in [1.29, 1.82) is 0 Å². The van der Waals surface area contributed by atoms with Crippen molar-refractivity contribution in [2.45, 2.75) is 25.8 Å². The lowest BCUT2D eigenvalue weighted by Crippen LogP contribution is -2.12. The number of hydrogen-bond acceptors (Lipinski definition) is 1. The van der Waals surface area contributed by atoms with Gasteiger partial charge in [0.05, 0.1) is 0 Å². The van der Waals surface area contributed by atoms with Gasteiger partial charge in [-0.05, 0) is 42.9 Å². The fourth-order valence-corrected chi connectivity index (χ4v) is 1.73. The van der Waals surface area contributed by atoms with Crippen LogP contribution in [0, 0.1) is 12.8 Å². The van der Waals surface area contributed by atoms with Crippen LogP contribution in [0.2, 0.25) is 5.02 Å². The summed E-state index contributed by atoms with van der Waals surface area (Å²) in [7, 11) is 0. The topological polar surface area (TPSA) is 26.0 Å². The van der Waals surface area contributed by atoms with Crippen molar-refractivity contribution < 1.29 is 0 Å². The zero-order chi connectivity index (χ0) is 9.42. The van der Waals surface area contributed by atoms with Gasteiger partial charge in [0.25, 0.3) is 0 Å².